The molecule has 4 nitrogen and oxygen atoms in total. The van der Waals surface area contributed by atoms with E-state index in [1.54, 1.807) is 0 Å². The van der Waals surface area contributed by atoms with Crippen molar-refractivity contribution in [3.05, 3.63) is 0 Å². The molecule has 1 aliphatic carbocycles. The predicted molar refractivity (Wildman–Crippen MR) is 70.6 cm³/mol. The van der Waals surface area contributed by atoms with Crippen molar-refractivity contribution < 1.29 is 27.9 Å². The third kappa shape index (κ3) is 5.55. The Morgan fingerprint density at radius 2 is 2.00 bits per heavy atom. The van der Waals surface area contributed by atoms with E-state index in [-0.39, 0.29) is 12.8 Å². The lowest BCUT2D eigenvalue weighted by Gasteiger charge is -2.30. The van der Waals surface area contributed by atoms with Crippen LogP contribution in [0.3, 0.4) is 0 Å². The summed E-state index contributed by atoms with van der Waals surface area (Å²) < 4.78 is 38.1. The van der Waals surface area contributed by atoms with Gasteiger partial charge in [-0.2, -0.15) is 13.2 Å². The third-order valence-corrected chi connectivity index (χ3v) is 3.97. The van der Waals surface area contributed by atoms with Gasteiger partial charge in [0.1, 0.15) is 6.04 Å². The molecule has 1 amide bonds. The number of amides is 1. The van der Waals surface area contributed by atoms with Gasteiger partial charge in [-0.25, -0.2) is 4.79 Å². The molecule has 0 aromatic heterocycles. The number of carbonyl (C=O) groups is 2. The maximum absolute atomic E-state index is 12.7. The molecule has 1 fully saturated rings. The van der Waals surface area contributed by atoms with Crippen LogP contribution in [0.2, 0.25) is 0 Å². The molecule has 1 rings (SSSR count). The number of alkyl halides is 3. The van der Waals surface area contributed by atoms with Crippen LogP contribution >= 0.6 is 0 Å². The van der Waals surface area contributed by atoms with E-state index in [9.17, 15) is 22.8 Å². The summed E-state index contributed by atoms with van der Waals surface area (Å²) in [6.45, 7) is 1.90. The normalized spacial score (nSPS) is 24.4. The van der Waals surface area contributed by atoms with Gasteiger partial charge in [0.2, 0.25) is 5.91 Å². The summed E-state index contributed by atoms with van der Waals surface area (Å²) in [6.07, 6.45) is -2.01. The number of carboxylic acid groups (broad SMARTS) is 1. The van der Waals surface area contributed by atoms with E-state index in [1.807, 2.05) is 6.92 Å². The Bertz CT molecular complexity index is 371. The smallest absolute Gasteiger partial charge is 0.391 e. The Morgan fingerprint density at radius 3 is 2.52 bits per heavy atom. The number of carbonyl (C=O) groups excluding carboxylic acids is 1. The van der Waals surface area contributed by atoms with E-state index < -0.39 is 35.9 Å². The summed E-state index contributed by atoms with van der Waals surface area (Å²) in [5.74, 6) is -3.90. The van der Waals surface area contributed by atoms with Crippen molar-refractivity contribution in [1.82, 2.24) is 5.32 Å². The zero-order valence-corrected chi connectivity index (χ0v) is 12.1. The van der Waals surface area contributed by atoms with E-state index in [0.29, 0.717) is 25.7 Å². The minimum atomic E-state index is -4.28. The molecule has 0 aromatic rings. The van der Waals surface area contributed by atoms with Gasteiger partial charge in [0, 0.05) is 5.92 Å². The number of halogens is 3. The van der Waals surface area contributed by atoms with Crippen LogP contribution in [-0.4, -0.2) is 29.2 Å². The molecule has 1 saturated carbocycles. The summed E-state index contributed by atoms with van der Waals surface area (Å²) in [7, 11) is 0. The second-order valence-electron chi connectivity index (χ2n) is 5.64. The number of rotatable bonds is 6. The number of hydrogen-bond acceptors (Lipinski definition) is 2. The van der Waals surface area contributed by atoms with Gasteiger partial charge >= 0.3 is 12.1 Å². The number of unbranched alkanes of at least 4 members (excludes halogenated alkanes) is 1. The summed E-state index contributed by atoms with van der Waals surface area (Å²) in [5.41, 5.74) is 0. The van der Waals surface area contributed by atoms with Gasteiger partial charge in [0.05, 0.1) is 5.92 Å². The minimum Gasteiger partial charge on any atom is -0.480 e. The van der Waals surface area contributed by atoms with E-state index >= 15 is 0 Å². The average Bonchev–Trinajstić information content (AvgIpc) is 2.42. The second-order valence-corrected chi connectivity index (χ2v) is 5.64. The van der Waals surface area contributed by atoms with Crippen molar-refractivity contribution in [3.8, 4) is 0 Å². The molecule has 0 saturated heterocycles. The first-order valence-electron chi connectivity index (χ1n) is 7.35. The quantitative estimate of drug-likeness (QED) is 0.792. The van der Waals surface area contributed by atoms with Crippen LogP contribution < -0.4 is 5.32 Å². The molecule has 1 aliphatic rings. The molecule has 3 atom stereocenters. The Morgan fingerprint density at radius 1 is 1.33 bits per heavy atom. The van der Waals surface area contributed by atoms with Gasteiger partial charge < -0.3 is 10.4 Å². The Hall–Kier alpha value is -1.27. The highest BCUT2D eigenvalue weighted by Gasteiger charge is 2.43. The molecule has 7 heteroatoms. The van der Waals surface area contributed by atoms with E-state index in [4.69, 9.17) is 5.11 Å². The average molecular weight is 309 g/mol. The fraction of sp³-hybridized carbons (Fsp3) is 0.857. The molecule has 122 valence electrons. The number of aliphatic carboxylic acids is 1. The fourth-order valence-electron chi connectivity index (χ4n) is 2.68. The fourth-order valence-corrected chi connectivity index (χ4v) is 2.68. The number of hydrogen-bond donors (Lipinski definition) is 2. The van der Waals surface area contributed by atoms with Crippen LogP contribution in [0, 0.1) is 11.8 Å². The lowest BCUT2D eigenvalue weighted by Crippen LogP contribution is -2.45. The second kappa shape index (κ2) is 7.66. The van der Waals surface area contributed by atoms with E-state index in [2.05, 4.69) is 5.32 Å². The maximum Gasteiger partial charge on any atom is 0.391 e. The molecule has 2 unspecified atom stereocenters. The molecular weight excluding hydrogens is 287 g/mol. The van der Waals surface area contributed by atoms with Crippen molar-refractivity contribution in [1.29, 1.82) is 0 Å². The molecule has 0 spiro atoms. The van der Waals surface area contributed by atoms with Gasteiger partial charge in [-0.1, -0.05) is 26.2 Å². The zero-order chi connectivity index (χ0) is 16.0. The molecule has 0 heterocycles. The third-order valence-electron chi connectivity index (χ3n) is 3.97. The SMILES string of the molecule is CCCC[C@H](NC(=O)C1CCCC(C(F)(F)F)C1)C(=O)O. The highest BCUT2D eigenvalue weighted by atomic mass is 19.4. The largest absolute Gasteiger partial charge is 0.480 e. The lowest BCUT2D eigenvalue weighted by atomic mass is 9.80. The standard InChI is InChI=1S/C14H22F3NO3/c1-2-3-7-11(13(20)21)18-12(19)9-5-4-6-10(8-9)14(15,16)17/h9-11H,2-8H2,1H3,(H,18,19)(H,20,21)/t9?,10?,11-/m0/s1. The maximum atomic E-state index is 12.7. The molecule has 0 bridgehead atoms. The Labute approximate surface area is 122 Å². The summed E-state index contributed by atoms with van der Waals surface area (Å²) >= 11 is 0. The molecular formula is C14H22F3NO3. The van der Waals surface area contributed by atoms with Crippen molar-refractivity contribution in [2.75, 3.05) is 0 Å². The predicted octanol–water partition coefficient (Wildman–Crippen LogP) is 3.11. The summed E-state index contributed by atoms with van der Waals surface area (Å²) in [5, 5.41) is 11.4. The van der Waals surface area contributed by atoms with Crippen LogP contribution in [0.4, 0.5) is 13.2 Å². The van der Waals surface area contributed by atoms with Gasteiger partial charge in [-0.3, -0.25) is 4.79 Å². The first-order chi connectivity index (χ1) is 9.75. The van der Waals surface area contributed by atoms with Gasteiger partial charge in [-0.05, 0) is 25.7 Å². The minimum absolute atomic E-state index is 0.0471. The zero-order valence-electron chi connectivity index (χ0n) is 12.1. The summed E-state index contributed by atoms with van der Waals surface area (Å²) in [6, 6.07) is -1.01. The highest BCUT2D eigenvalue weighted by molar-refractivity contribution is 5.85. The molecule has 0 radical (unpaired) electrons. The van der Waals surface area contributed by atoms with Gasteiger partial charge in [-0.15, -0.1) is 0 Å². The molecule has 21 heavy (non-hydrogen) atoms. The van der Waals surface area contributed by atoms with Crippen LogP contribution in [0.5, 0.6) is 0 Å². The lowest BCUT2D eigenvalue weighted by molar-refractivity contribution is -0.186. The van der Waals surface area contributed by atoms with E-state index in [1.165, 1.54) is 0 Å². The molecule has 0 aromatic carbocycles. The number of nitrogens with one attached hydrogen (secondary N) is 1. The van der Waals surface area contributed by atoms with Crippen LogP contribution in [-0.2, 0) is 9.59 Å². The van der Waals surface area contributed by atoms with Crippen molar-refractivity contribution in [2.45, 2.75) is 64.1 Å². The Kier molecular flexibility index (Phi) is 6.48. The number of carboxylic acids is 1. The van der Waals surface area contributed by atoms with Crippen LogP contribution in [0.25, 0.3) is 0 Å². The van der Waals surface area contributed by atoms with Gasteiger partial charge in [0.25, 0.3) is 0 Å². The van der Waals surface area contributed by atoms with Crippen LogP contribution in [0.15, 0.2) is 0 Å². The molecule has 2 N–H and O–H groups in total. The van der Waals surface area contributed by atoms with Crippen LogP contribution in [0.1, 0.15) is 51.9 Å². The van der Waals surface area contributed by atoms with Crippen molar-refractivity contribution in [2.24, 2.45) is 11.8 Å². The highest BCUT2D eigenvalue weighted by Crippen LogP contribution is 2.39. The first-order valence-corrected chi connectivity index (χ1v) is 7.35. The van der Waals surface area contributed by atoms with Crippen molar-refractivity contribution in [3.63, 3.8) is 0 Å². The van der Waals surface area contributed by atoms with Crippen molar-refractivity contribution >= 4 is 11.9 Å². The van der Waals surface area contributed by atoms with E-state index in [0.717, 1.165) is 6.42 Å². The summed E-state index contributed by atoms with van der Waals surface area (Å²) in [4.78, 5) is 23.1. The van der Waals surface area contributed by atoms with Gasteiger partial charge in [0.15, 0.2) is 0 Å². The molecule has 0 aliphatic heterocycles. The Balaban J connectivity index is 2.59. The topological polar surface area (TPSA) is 66.4 Å². The first kappa shape index (κ1) is 17.8. The monoisotopic (exact) mass is 309 g/mol.